The first-order valence-corrected chi connectivity index (χ1v) is 5.05. The molecule has 82 valence electrons. The lowest BCUT2D eigenvalue weighted by Crippen LogP contribution is -2.26. The zero-order chi connectivity index (χ0) is 10.8. The van der Waals surface area contributed by atoms with Crippen LogP contribution in [0.3, 0.4) is 0 Å². The minimum atomic E-state index is -0.297. The van der Waals surface area contributed by atoms with Gasteiger partial charge in [0.05, 0.1) is 12.8 Å². The molecule has 1 aromatic rings. The van der Waals surface area contributed by atoms with Crippen LogP contribution in [0.15, 0.2) is 18.2 Å². The van der Waals surface area contributed by atoms with E-state index in [1.807, 2.05) is 4.90 Å². The summed E-state index contributed by atoms with van der Waals surface area (Å²) in [6, 6.07) is 5.32. The van der Waals surface area contributed by atoms with Crippen LogP contribution in [0, 0.1) is 5.82 Å². The van der Waals surface area contributed by atoms with Crippen LogP contribution in [0.1, 0.15) is 6.42 Å². The molecule has 0 bridgehead atoms. The third-order valence-electron chi connectivity index (χ3n) is 2.73. The quantitative estimate of drug-likeness (QED) is 0.801. The zero-order valence-corrected chi connectivity index (χ0v) is 8.74. The van der Waals surface area contributed by atoms with Crippen LogP contribution in [0.2, 0.25) is 0 Å². The van der Waals surface area contributed by atoms with Crippen molar-refractivity contribution in [2.24, 2.45) is 5.73 Å². The Morgan fingerprint density at radius 2 is 2.33 bits per heavy atom. The highest BCUT2D eigenvalue weighted by Gasteiger charge is 2.22. The zero-order valence-electron chi connectivity index (χ0n) is 8.74. The normalized spacial score (nSPS) is 20.7. The molecular formula is C11H15FN2O. The molecule has 4 heteroatoms. The molecule has 1 fully saturated rings. The fourth-order valence-corrected chi connectivity index (χ4v) is 1.91. The van der Waals surface area contributed by atoms with Crippen LogP contribution in [0.4, 0.5) is 10.1 Å². The Hall–Kier alpha value is -1.29. The van der Waals surface area contributed by atoms with Gasteiger partial charge in [-0.25, -0.2) is 4.39 Å². The van der Waals surface area contributed by atoms with E-state index in [0.717, 1.165) is 13.0 Å². The predicted molar refractivity (Wildman–Crippen MR) is 57.8 cm³/mol. The number of hydrogen-bond donors (Lipinski definition) is 1. The lowest BCUT2D eigenvalue weighted by Gasteiger charge is -2.19. The third-order valence-corrected chi connectivity index (χ3v) is 2.73. The van der Waals surface area contributed by atoms with Gasteiger partial charge in [-0.15, -0.1) is 0 Å². The molecule has 0 aliphatic carbocycles. The van der Waals surface area contributed by atoms with Gasteiger partial charge in [0.1, 0.15) is 0 Å². The van der Waals surface area contributed by atoms with E-state index in [4.69, 9.17) is 10.5 Å². The SMILES string of the molecule is COc1cccc(N2CCC(N)C2)c1F. The average Bonchev–Trinajstić information content (AvgIpc) is 2.65. The lowest BCUT2D eigenvalue weighted by atomic mass is 10.2. The van der Waals surface area contributed by atoms with Crippen molar-refractivity contribution in [3.63, 3.8) is 0 Å². The summed E-state index contributed by atoms with van der Waals surface area (Å²) in [5.74, 6) is -0.0120. The molecule has 0 amide bonds. The lowest BCUT2D eigenvalue weighted by molar-refractivity contribution is 0.386. The summed E-state index contributed by atoms with van der Waals surface area (Å²) in [5.41, 5.74) is 6.37. The molecular weight excluding hydrogens is 195 g/mol. The average molecular weight is 210 g/mol. The van der Waals surface area contributed by atoms with E-state index in [1.165, 1.54) is 7.11 Å². The first-order valence-electron chi connectivity index (χ1n) is 5.05. The van der Waals surface area contributed by atoms with Crippen molar-refractivity contribution in [2.75, 3.05) is 25.1 Å². The van der Waals surface area contributed by atoms with Gasteiger partial charge in [0.2, 0.25) is 0 Å². The molecule has 1 saturated heterocycles. The van der Waals surface area contributed by atoms with Gasteiger partial charge < -0.3 is 15.4 Å². The van der Waals surface area contributed by atoms with Crippen molar-refractivity contribution in [1.29, 1.82) is 0 Å². The van der Waals surface area contributed by atoms with E-state index in [0.29, 0.717) is 12.2 Å². The summed E-state index contributed by atoms with van der Waals surface area (Å²) in [6.45, 7) is 1.52. The summed E-state index contributed by atoms with van der Waals surface area (Å²) in [6.07, 6.45) is 0.913. The molecule has 1 aromatic carbocycles. The van der Waals surface area contributed by atoms with Crippen LogP contribution >= 0.6 is 0 Å². The van der Waals surface area contributed by atoms with Gasteiger partial charge >= 0.3 is 0 Å². The summed E-state index contributed by atoms with van der Waals surface area (Å²) < 4.78 is 18.8. The molecule has 2 N–H and O–H groups in total. The number of nitrogens with zero attached hydrogens (tertiary/aromatic N) is 1. The third kappa shape index (κ3) is 1.90. The maximum absolute atomic E-state index is 13.8. The number of methoxy groups -OCH3 is 1. The number of nitrogens with two attached hydrogens (primary N) is 1. The molecule has 0 radical (unpaired) electrons. The minimum absolute atomic E-state index is 0.149. The Morgan fingerprint density at radius 3 is 2.93 bits per heavy atom. The number of hydrogen-bond acceptors (Lipinski definition) is 3. The van der Waals surface area contributed by atoms with Gasteiger partial charge in [0.25, 0.3) is 0 Å². The van der Waals surface area contributed by atoms with Gasteiger partial charge in [0.15, 0.2) is 11.6 Å². The molecule has 1 aliphatic rings. The van der Waals surface area contributed by atoms with Crippen molar-refractivity contribution < 1.29 is 9.13 Å². The number of anilines is 1. The standard InChI is InChI=1S/C11H15FN2O/c1-15-10-4-2-3-9(11(10)12)14-6-5-8(13)7-14/h2-4,8H,5-7,13H2,1H3. The smallest absolute Gasteiger partial charge is 0.188 e. The van der Waals surface area contributed by atoms with Gasteiger partial charge in [0, 0.05) is 19.1 Å². The summed E-state index contributed by atoms with van der Waals surface area (Å²) in [7, 11) is 1.47. The Labute approximate surface area is 88.6 Å². The summed E-state index contributed by atoms with van der Waals surface area (Å²) in [5, 5.41) is 0. The highest BCUT2D eigenvalue weighted by Crippen LogP contribution is 2.29. The molecule has 0 aromatic heterocycles. The number of ether oxygens (including phenoxy) is 1. The first kappa shape index (κ1) is 10.2. The van der Waals surface area contributed by atoms with Crippen LogP contribution in [0.5, 0.6) is 5.75 Å². The van der Waals surface area contributed by atoms with E-state index in [2.05, 4.69) is 0 Å². The summed E-state index contributed by atoms with van der Waals surface area (Å²) >= 11 is 0. The Kier molecular flexibility index (Phi) is 2.77. The number of rotatable bonds is 2. The second-order valence-corrected chi connectivity index (χ2v) is 3.79. The van der Waals surface area contributed by atoms with Crippen LogP contribution in [-0.2, 0) is 0 Å². The van der Waals surface area contributed by atoms with Gasteiger partial charge in [-0.3, -0.25) is 0 Å². The molecule has 3 nitrogen and oxygen atoms in total. The Balaban J connectivity index is 2.28. The molecule has 1 unspecified atom stereocenters. The first-order chi connectivity index (χ1) is 7.22. The Morgan fingerprint density at radius 1 is 1.53 bits per heavy atom. The van der Waals surface area contributed by atoms with Crippen molar-refractivity contribution in [3.05, 3.63) is 24.0 Å². The van der Waals surface area contributed by atoms with Crippen molar-refractivity contribution in [3.8, 4) is 5.75 Å². The van der Waals surface area contributed by atoms with E-state index < -0.39 is 0 Å². The largest absolute Gasteiger partial charge is 0.494 e. The van der Waals surface area contributed by atoms with Crippen molar-refractivity contribution >= 4 is 5.69 Å². The number of benzene rings is 1. The van der Waals surface area contributed by atoms with Crippen LogP contribution in [-0.4, -0.2) is 26.2 Å². The molecule has 1 aliphatic heterocycles. The molecule has 0 saturated carbocycles. The summed E-state index contributed by atoms with van der Waals surface area (Å²) in [4.78, 5) is 1.96. The van der Waals surface area contributed by atoms with Crippen molar-refractivity contribution in [2.45, 2.75) is 12.5 Å². The van der Waals surface area contributed by atoms with Gasteiger partial charge in [-0.2, -0.15) is 0 Å². The maximum atomic E-state index is 13.8. The van der Waals surface area contributed by atoms with E-state index >= 15 is 0 Å². The van der Waals surface area contributed by atoms with Crippen LogP contribution < -0.4 is 15.4 Å². The highest BCUT2D eigenvalue weighted by atomic mass is 19.1. The maximum Gasteiger partial charge on any atom is 0.188 e. The van der Waals surface area contributed by atoms with Gasteiger partial charge in [-0.05, 0) is 18.6 Å². The predicted octanol–water partition coefficient (Wildman–Crippen LogP) is 1.37. The second kappa shape index (κ2) is 4.06. The van der Waals surface area contributed by atoms with E-state index in [-0.39, 0.29) is 17.6 Å². The van der Waals surface area contributed by atoms with Crippen LogP contribution in [0.25, 0.3) is 0 Å². The molecule has 2 rings (SSSR count). The monoisotopic (exact) mass is 210 g/mol. The fourth-order valence-electron chi connectivity index (χ4n) is 1.91. The Bertz CT molecular complexity index is 356. The van der Waals surface area contributed by atoms with E-state index in [9.17, 15) is 4.39 Å². The molecule has 1 heterocycles. The van der Waals surface area contributed by atoms with E-state index in [1.54, 1.807) is 18.2 Å². The number of halogens is 1. The topological polar surface area (TPSA) is 38.5 Å². The minimum Gasteiger partial charge on any atom is -0.494 e. The highest BCUT2D eigenvalue weighted by molar-refractivity contribution is 5.53. The van der Waals surface area contributed by atoms with Crippen molar-refractivity contribution in [1.82, 2.24) is 0 Å². The molecule has 15 heavy (non-hydrogen) atoms. The second-order valence-electron chi connectivity index (χ2n) is 3.79. The fraction of sp³-hybridized carbons (Fsp3) is 0.455. The molecule has 1 atom stereocenters. The molecule has 0 spiro atoms. The van der Waals surface area contributed by atoms with Gasteiger partial charge in [-0.1, -0.05) is 6.07 Å².